The normalized spacial score (nSPS) is 16.8. The average molecular weight is 449 g/mol. The zero-order chi connectivity index (χ0) is 23.5. The summed E-state index contributed by atoms with van der Waals surface area (Å²) in [5.41, 5.74) is 11.2. The Morgan fingerprint density at radius 2 is 1.65 bits per heavy atom. The quantitative estimate of drug-likeness (QED) is 0.330. The molecule has 3 aromatic carbocycles. The van der Waals surface area contributed by atoms with Gasteiger partial charge in [0.15, 0.2) is 0 Å². The van der Waals surface area contributed by atoms with E-state index in [2.05, 4.69) is 27.0 Å². The van der Waals surface area contributed by atoms with Gasteiger partial charge in [0.1, 0.15) is 0 Å². The Morgan fingerprint density at radius 1 is 0.941 bits per heavy atom. The fraction of sp³-hybridized carbons (Fsp3) is 0.148. The molecule has 0 bridgehead atoms. The lowest BCUT2D eigenvalue weighted by Gasteiger charge is -2.33. The van der Waals surface area contributed by atoms with E-state index in [1.54, 1.807) is 24.4 Å². The number of hydrogen-bond donors (Lipinski definition) is 4. The summed E-state index contributed by atoms with van der Waals surface area (Å²) < 4.78 is 0. The minimum absolute atomic E-state index is 0.176. The zero-order valence-corrected chi connectivity index (χ0v) is 18.5. The minimum Gasteiger partial charge on any atom is -0.382 e. The second-order valence-corrected chi connectivity index (χ2v) is 8.51. The van der Waals surface area contributed by atoms with Gasteiger partial charge in [0.05, 0.1) is 17.1 Å². The van der Waals surface area contributed by atoms with Crippen LogP contribution in [0.2, 0.25) is 0 Å². The summed E-state index contributed by atoms with van der Waals surface area (Å²) in [7, 11) is 0. The van der Waals surface area contributed by atoms with E-state index in [0.29, 0.717) is 23.2 Å². The van der Waals surface area contributed by atoms with E-state index < -0.39 is 0 Å². The molecule has 1 aromatic heterocycles. The maximum atomic E-state index is 12.7. The van der Waals surface area contributed by atoms with Gasteiger partial charge in [-0.2, -0.15) is 5.26 Å². The van der Waals surface area contributed by atoms with E-state index in [0.717, 1.165) is 46.5 Å². The Hall–Kier alpha value is -4.41. The maximum absolute atomic E-state index is 12.7. The smallest absolute Gasteiger partial charge is 0.255 e. The lowest BCUT2D eigenvalue weighted by molar-refractivity contribution is 0.102. The predicted octanol–water partition coefficient (Wildman–Crippen LogP) is 5.00. The van der Waals surface area contributed by atoms with Crippen LogP contribution >= 0.6 is 0 Å². The molecule has 4 aromatic rings. The van der Waals surface area contributed by atoms with Crippen LogP contribution in [0.25, 0.3) is 10.9 Å². The largest absolute Gasteiger partial charge is 0.382 e. The molecule has 0 spiro atoms. The van der Waals surface area contributed by atoms with Crippen molar-refractivity contribution in [2.75, 3.05) is 16.0 Å². The van der Waals surface area contributed by atoms with Gasteiger partial charge >= 0.3 is 0 Å². The second-order valence-electron chi connectivity index (χ2n) is 8.51. The van der Waals surface area contributed by atoms with E-state index in [1.807, 2.05) is 54.6 Å². The van der Waals surface area contributed by atoms with Crippen LogP contribution in [0, 0.1) is 11.3 Å². The van der Waals surface area contributed by atoms with Crippen molar-refractivity contribution < 1.29 is 4.79 Å². The molecular formula is C27H24N6O. The molecule has 1 aliphatic rings. The number of nitriles is 1. The molecule has 1 aliphatic carbocycles. The standard InChI is InChI=1S/C27H24N6O/c28-16-17-1-10-25-24(13-17)26(11-12-30-25)32-21-4-2-18(3-5-21)27(34)33-22-8-6-20(7-9-22)31-23-14-19(29)15-23/h1-13,19,23,31H,14-15,29H2,(H,30,32)(H,33,34). The number of carbonyl (C=O) groups excluding carboxylic acids is 1. The first-order valence-corrected chi connectivity index (χ1v) is 11.2. The lowest BCUT2D eigenvalue weighted by Crippen LogP contribution is -2.44. The minimum atomic E-state index is -0.176. The highest BCUT2D eigenvalue weighted by Crippen LogP contribution is 2.27. The van der Waals surface area contributed by atoms with Crippen LogP contribution in [0.5, 0.6) is 0 Å². The maximum Gasteiger partial charge on any atom is 0.255 e. The molecule has 5 N–H and O–H groups in total. The SMILES string of the molecule is N#Cc1ccc2nccc(Nc3ccc(C(=O)Nc4ccc(NC5CC(N)C5)cc4)cc3)c2c1. The highest BCUT2D eigenvalue weighted by molar-refractivity contribution is 6.04. The first-order valence-electron chi connectivity index (χ1n) is 11.2. The van der Waals surface area contributed by atoms with Crippen LogP contribution in [-0.2, 0) is 0 Å². The molecule has 1 fully saturated rings. The van der Waals surface area contributed by atoms with Gasteiger partial charge in [0.2, 0.25) is 0 Å². The summed E-state index contributed by atoms with van der Waals surface area (Å²) in [4.78, 5) is 17.0. The van der Waals surface area contributed by atoms with Gasteiger partial charge in [-0.3, -0.25) is 9.78 Å². The van der Waals surface area contributed by atoms with Crippen LogP contribution in [0.3, 0.4) is 0 Å². The van der Waals surface area contributed by atoms with Crippen molar-refractivity contribution in [3.05, 3.63) is 90.1 Å². The predicted molar refractivity (Wildman–Crippen MR) is 135 cm³/mol. The Morgan fingerprint density at radius 3 is 2.35 bits per heavy atom. The van der Waals surface area contributed by atoms with Crippen molar-refractivity contribution >= 4 is 39.6 Å². The van der Waals surface area contributed by atoms with Crippen LogP contribution in [0.1, 0.15) is 28.8 Å². The van der Waals surface area contributed by atoms with E-state index in [-0.39, 0.29) is 5.91 Å². The number of rotatable bonds is 6. The number of benzene rings is 3. The first kappa shape index (κ1) is 21.4. The van der Waals surface area contributed by atoms with Crippen molar-refractivity contribution in [3.8, 4) is 6.07 Å². The summed E-state index contributed by atoms with van der Waals surface area (Å²) >= 11 is 0. The van der Waals surface area contributed by atoms with Gasteiger partial charge < -0.3 is 21.7 Å². The summed E-state index contributed by atoms with van der Waals surface area (Å²) in [6.45, 7) is 0. The van der Waals surface area contributed by atoms with Gasteiger partial charge in [-0.15, -0.1) is 0 Å². The molecule has 168 valence electrons. The number of nitrogens with two attached hydrogens (primary N) is 1. The Kier molecular flexibility index (Phi) is 5.81. The fourth-order valence-electron chi connectivity index (χ4n) is 4.05. The Balaban J connectivity index is 1.23. The molecule has 7 heteroatoms. The zero-order valence-electron chi connectivity index (χ0n) is 18.5. The first-order chi connectivity index (χ1) is 16.6. The van der Waals surface area contributed by atoms with Crippen LogP contribution in [0.15, 0.2) is 79.0 Å². The van der Waals surface area contributed by atoms with Crippen LogP contribution < -0.4 is 21.7 Å². The Bertz CT molecular complexity index is 1370. The van der Waals surface area contributed by atoms with E-state index >= 15 is 0 Å². The molecule has 0 saturated heterocycles. The molecule has 34 heavy (non-hydrogen) atoms. The van der Waals surface area contributed by atoms with Crippen LogP contribution in [-0.4, -0.2) is 23.0 Å². The topological polar surface area (TPSA) is 116 Å². The number of pyridine rings is 1. The third-order valence-electron chi connectivity index (χ3n) is 5.98. The number of anilines is 4. The molecule has 0 atom stereocenters. The molecule has 0 radical (unpaired) electrons. The van der Waals surface area contributed by atoms with Crippen molar-refractivity contribution in [2.45, 2.75) is 24.9 Å². The van der Waals surface area contributed by atoms with Crippen molar-refractivity contribution in [1.82, 2.24) is 4.98 Å². The van der Waals surface area contributed by atoms with E-state index in [1.165, 1.54) is 0 Å². The highest BCUT2D eigenvalue weighted by atomic mass is 16.1. The van der Waals surface area contributed by atoms with Gasteiger partial charge in [0.25, 0.3) is 5.91 Å². The molecule has 5 rings (SSSR count). The third-order valence-corrected chi connectivity index (χ3v) is 5.98. The molecule has 1 heterocycles. The van der Waals surface area contributed by atoms with Crippen molar-refractivity contribution in [3.63, 3.8) is 0 Å². The number of fused-ring (bicyclic) bond motifs is 1. The number of nitrogens with one attached hydrogen (secondary N) is 3. The monoisotopic (exact) mass is 448 g/mol. The number of carbonyl (C=O) groups is 1. The molecule has 0 aliphatic heterocycles. The summed E-state index contributed by atoms with van der Waals surface area (Å²) in [6.07, 6.45) is 3.70. The Labute approximate surface area is 197 Å². The summed E-state index contributed by atoms with van der Waals surface area (Å²) in [6, 6.07) is 25.1. The molecule has 1 saturated carbocycles. The van der Waals surface area contributed by atoms with Gasteiger partial charge in [0, 0.05) is 52.0 Å². The van der Waals surface area contributed by atoms with Crippen LogP contribution in [0.4, 0.5) is 22.7 Å². The van der Waals surface area contributed by atoms with E-state index in [4.69, 9.17) is 5.73 Å². The average Bonchev–Trinajstić information content (AvgIpc) is 2.84. The number of nitrogens with zero attached hydrogens (tertiary/aromatic N) is 2. The number of aromatic nitrogens is 1. The number of amides is 1. The fourth-order valence-corrected chi connectivity index (χ4v) is 4.05. The lowest BCUT2D eigenvalue weighted by atomic mass is 9.87. The molecule has 1 amide bonds. The summed E-state index contributed by atoms with van der Waals surface area (Å²) in [5, 5.41) is 19.8. The molecule has 0 unspecified atom stereocenters. The highest BCUT2D eigenvalue weighted by Gasteiger charge is 2.25. The second kappa shape index (κ2) is 9.22. The molecule has 7 nitrogen and oxygen atoms in total. The van der Waals surface area contributed by atoms with Gasteiger partial charge in [-0.05, 0) is 85.6 Å². The van der Waals surface area contributed by atoms with Crippen molar-refractivity contribution in [2.24, 2.45) is 5.73 Å². The van der Waals surface area contributed by atoms with E-state index in [9.17, 15) is 10.1 Å². The molecular weight excluding hydrogens is 424 g/mol. The van der Waals surface area contributed by atoms with Crippen molar-refractivity contribution in [1.29, 1.82) is 5.26 Å². The third kappa shape index (κ3) is 4.68. The van der Waals surface area contributed by atoms with Gasteiger partial charge in [-0.25, -0.2) is 0 Å². The number of hydrogen-bond acceptors (Lipinski definition) is 6. The summed E-state index contributed by atoms with van der Waals surface area (Å²) in [5.74, 6) is -0.176. The van der Waals surface area contributed by atoms with Gasteiger partial charge in [-0.1, -0.05) is 0 Å².